The van der Waals surface area contributed by atoms with Gasteiger partial charge in [0.15, 0.2) is 3.67 Å². The molecule has 0 aliphatic carbocycles. The third-order valence-corrected chi connectivity index (χ3v) is 4.60. The Morgan fingerprint density at radius 1 is 1.25 bits per heavy atom. The molecule has 0 radical (unpaired) electrons. The average Bonchev–Trinajstić information content (AvgIpc) is 1.65. The molecule has 0 aromatic carbocycles. The second-order valence-electron chi connectivity index (χ2n) is 1.54. The fraction of sp³-hybridized carbons (Fsp3) is 1.00. The third-order valence-electron chi connectivity index (χ3n) is 0.811. The maximum Gasteiger partial charge on any atom is 0.172 e. The Morgan fingerprint density at radius 2 is 2.00 bits per heavy atom. The van der Waals surface area contributed by atoms with E-state index < -0.39 is 3.67 Å². The van der Waals surface area contributed by atoms with Crippen molar-refractivity contribution in [2.45, 2.75) is 3.67 Å². The summed E-state index contributed by atoms with van der Waals surface area (Å²) in [5.41, 5.74) is 0. The van der Waals surface area contributed by atoms with Crippen molar-refractivity contribution in [1.82, 2.24) is 0 Å². The first-order valence-corrected chi connectivity index (χ1v) is 5.20. The van der Waals surface area contributed by atoms with Crippen molar-refractivity contribution in [3.05, 3.63) is 0 Å². The van der Waals surface area contributed by atoms with Crippen molar-refractivity contribution >= 4 is 46.7 Å². The molecule has 0 spiro atoms. The summed E-state index contributed by atoms with van der Waals surface area (Å²) in [6, 6.07) is 0. The zero-order valence-corrected chi connectivity index (χ0v) is 7.34. The molecule has 0 nitrogen and oxygen atoms in total. The van der Waals surface area contributed by atoms with Gasteiger partial charge in [0.25, 0.3) is 0 Å². The van der Waals surface area contributed by atoms with Gasteiger partial charge < -0.3 is 0 Å². The maximum absolute atomic E-state index is 5.78. The minimum absolute atomic E-state index is 0.497. The molecule has 1 rings (SSSR count). The van der Waals surface area contributed by atoms with Crippen molar-refractivity contribution < 1.29 is 0 Å². The number of hydrogen-bond donors (Lipinski definition) is 0. The molecule has 0 saturated carbocycles. The highest BCUT2D eigenvalue weighted by molar-refractivity contribution is 8.09. The fourth-order valence-corrected chi connectivity index (χ4v) is 3.48. The van der Waals surface area contributed by atoms with E-state index in [1.807, 2.05) is 11.8 Å². The summed E-state index contributed by atoms with van der Waals surface area (Å²) in [5, 5.41) is 0. The van der Waals surface area contributed by atoms with Crippen molar-refractivity contribution in [2.24, 2.45) is 0 Å². The predicted molar refractivity (Wildman–Crippen MR) is 44.2 cm³/mol. The van der Waals surface area contributed by atoms with Gasteiger partial charge in [0, 0.05) is 17.3 Å². The smallest absolute Gasteiger partial charge is 0.157 e. The lowest BCUT2D eigenvalue weighted by molar-refractivity contribution is 1.27. The highest BCUT2D eigenvalue weighted by Gasteiger charge is 2.27. The van der Waals surface area contributed by atoms with E-state index in [-0.39, 0.29) is 0 Å². The highest BCUT2D eigenvalue weighted by Crippen LogP contribution is 2.41. The van der Waals surface area contributed by atoms with Crippen LogP contribution in [0.15, 0.2) is 0 Å². The summed E-state index contributed by atoms with van der Waals surface area (Å²) in [7, 11) is 0. The van der Waals surface area contributed by atoms with Gasteiger partial charge in [0.1, 0.15) is 0 Å². The first-order chi connectivity index (χ1) is 3.71. The van der Waals surface area contributed by atoms with Gasteiger partial charge in [-0.2, -0.15) is 11.8 Å². The first-order valence-electron chi connectivity index (χ1n) is 2.30. The van der Waals surface area contributed by atoms with E-state index in [1.165, 1.54) is 5.75 Å². The van der Waals surface area contributed by atoms with E-state index in [0.29, 0.717) is 0 Å². The second-order valence-corrected chi connectivity index (χ2v) is 5.97. The molecule has 1 heterocycles. The standard InChI is InChI=1S/C4H6Cl2S2/c5-4(6)3-7-1-2-8-4/h1-3H2. The summed E-state index contributed by atoms with van der Waals surface area (Å²) in [5.74, 6) is 3.13. The molecule has 0 N–H and O–H groups in total. The quantitative estimate of drug-likeness (QED) is 0.537. The van der Waals surface area contributed by atoms with Crippen LogP contribution in [0.1, 0.15) is 0 Å². The van der Waals surface area contributed by atoms with Gasteiger partial charge in [-0.05, 0) is 0 Å². The van der Waals surface area contributed by atoms with Gasteiger partial charge in [0.2, 0.25) is 0 Å². The minimum atomic E-state index is -0.497. The third kappa shape index (κ3) is 2.26. The molecule has 48 valence electrons. The lowest BCUT2D eigenvalue weighted by Gasteiger charge is -2.22. The summed E-state index contributed by atoms with van der Waals surface area (Å²) < 4.78 is -0.497. The number of alkyl halides is 2. The van der Waals surface area contributed by atoms with Crippen LogP contribution in [0.3, 0.4) is 0 Å². The highest BCUT2D eigenvalue weighted by atomic mass is 35.5. The molecule has 8 heavy (non-hydrogen) atoms. The molecule has 0 unspecified atom stereocenters. The number of rotatable bonds is 0. The van der Waals surface area contributed by atoms with Crippen LogP contribution in [0.2, 0.25) is 0 Å². The topological polar surface area (TPSA) is 0 Å². The number of halogens is 2. The van der Waals surface area contributed by atoms with Gasteiger partial charge in [-0.3, -0.25) is 0 Å². The van der Waals surface area contributed by atoms with Crippen LogP contribution < -0.4 is 0 Å². The van der Waals surface area contributed by atoms with Crippen LogP contribution in [0.4, 0.5) is 0 Å². The summed E-state index contributed by atoms with van der Waals surface area (Å²) in [6.07, 6.45) is 0. The predicted octanol–water partition coefficient (Wildman–Crippen LogP) is 2.60. The van der Waals surface area contributed by atoms with Gasteiger partial charge in [-0.25, -0.2) is 0 Å². The van der Waals surface area contributed by atoms with Gasteiger partial charge in [-0.1, -0.05) is 23.2 Å². The van der Waals surface area contributed by atoms with Crippen LogP contribution in [-0.4, -0.2) is 20.9 Å². The molecule has 0 bridgehead atoms. The van der Waals surface area contributed by atoms with Gasteiger partial charge in [0.05, 0.1) is 0 Å². The zero-order valence-electron chi connectivity index (χ0n) is 4.19. The van der Waals surface area contributed by atoms with E-state index in [9.17, 15) is 0 Å². The first kappa shape index (κ1) is 7.39. The SMILES string of the molecule is ClC1(Cl)CSCCS1. The molecule has 1 aliphatic rings. The maximum atomic E-state index is 5.78. The van der Waals surface area contributed by atoms with E-state index >= 15 is 0 Å². The normalized spacial score (nSPS) is 27.8. The zero-order chi connectivity index (χ0) is 6.04. The van der Waals surface area contributed by atoms with Crippen LogP contribution in [-0.2, 0) is 0 Å². The summed E-state index contributed by atoms with van der Waals surface area (Å²) in [6.45, 7) is 0. The Balaban J connectivity index is 2.33. The molecular formula is C4H6Cl2S2. The van der Waals surface area contributed by atoms with Gasteiger partial charge >= 0.3 is 0 Å². The van der Waals surface area contributed by atoms with Crippen molar-refractivity contribution in [1.29, 1.82) is 0 Å². The van der Waals surface area contributed by atoms with Crippen LogP contribution in [0.5, 0.6) is 0 Å². The number of thioether (sulfide) groups is 2. The monoisotopic (exact) mass is 188 g/mol. The Bertz CT molecular complexity index is 76.1. The van der Waals surface area contributed by atoms with E-state index in [2.05, 4.69) is 0 Å². The summed E-state index contributed by atoms with van der Waals surface area (Å²) in [4.78, 5) is 0. The molecule has 1 aliphatic heterocycles. The second kappa shape index (κ2) is 2.91. The number of hydrogen-bond acceptors (Lipinski definition) is 2. The largest absolute Gasteiger partial charge is 0.172 e. The lowest BCUT2D eigenvalue weighted by Crippen LogP contribution is -2.17. The van der Waals surface area contributed by atoms with Gasteiger partial charge in [-0.15, -0.1) is 11.8 Å². The Labute approximate surface area is 67.7 Å². The van der Waals surface area contributed by atoms with E-state index in [1.54, 1.807) is 11.8 Å². The van der Waals surface area contributed by atoms with Crippen molar-refractivity contribution in [3.8, 4) is 0 Å². The lowest BCUT2D eigenvalue weighted by atomic mass is 10.9. The average molecular weight is 189 g/mol. The van der Waals surface area contributed by atoms with Crippen molar-refractivity contribution in [2.75, 3.05) is 17.3 Å². The molecule has 0 aromatic rings. The molecule has 0 atom stereocenters. The molecule has 1 fully saturated rings. The Hall–Kier alpha value is 1.28. The van der Waals surface area contributed by atoms with Crippen LogP contribution in [0, 0.1) is 0 Å². The molecule has 1 saturated heterocycles. The summed E-state index contributed by atoms with van der Waals surface area (Å²) >= 11 is 15.0. The van der Waals surface area contributed by atoms with Crippen LogP contribution >= 0.6 is 46.7 Å². The van der Waals surface area contributed by atoms with Crippen molar-refractivity contribution in [3.63, 3.8) is 0 Å². The Kier molecular flexibility index (Phi) is 2.69. The minimum Gasteiger partial charge on any atom is -0.157 e. The van der Waals surface area contributed by atoms with Crippen LogP contribution in [0.25, 0.3) is 0 Å². The molecule has 4 heteroatoms. The Morgan fingerprint density at radius 3 is 2.25 bits per heavy atom. The molecular weight excluding hydrogens is 183 g/mol. The van der Waals surface area contributed by atoms with E-state index in [0.717, 1.165) is 11.5 Å². The molecule has 0 amide bonds. The van der Waals surface area contributed by atoms with E-state index in [4.69, 9.17) is 23.2 Å². The molecule has 0 aromatic heterocycles. The fourth-order valence-electron chi connectivity index (χ4n) is 0.483.